The number of carbonyl (C=O) groups excluding carboxylic acids is 2. The number of rotatable bonds is 8. The molecule has 2 aromatic carbocycles. The zero-order chi connectivity index (χ0) is 23.5. The number of methoxy groups -OCH3 is 1. The van der Waals surface area contributed by atoms with E-state index >= 15 is 0 Å². The van der Waals surface area contributed by atoms with E-state index in [1.807, 2.05) is 42.5 Å². The number of nitrogens with one attached hydrogen (secondary N) is 2. The number of nitriles is 1. The number of anilines is 1. The van der Waals surface area contributed by atoms with Crippen LogP contribution in [0.3, 0.4) is 0 Å². The second kappa shape index (κ2) is 11.8. The molecule has 0 radical (unpaired) electrons. The van der Waals surface area contributed by atoms with Gasteiger partial charge in [0.2, 0.25) is 5.91 Å². The van der Waals surface area contributed by atoms with Crippen molar-refractivity contribution in [2.24, 2.45) is 5.73 Å². The van der Waals surface area contributed by atoms with Crippen molar-refractivity contribution in [2.75, 3.05) is 32.6 Å². The summed E-state index contributed by atoms with van der Waals surface area (Å²) >= 11 is 0. The molecule has 32 heavy (non-hydrogen) atoms. The summed E-state index contributed by atoms with van der Waals surface area (Å²) in [6.07, 6.45) is 0.730. The van der Waals surface area contributed by atoms with Crippen molar-refractivity contribution in [3.63, 3.8) is 0 Å². The topological polar surface area (TPSA) is 130 Å². The van der Waals surface area contributed by atoms with Crippen LogP contribution in [0.1, 0.15) is 10.5 Å². The first-order chi connectivity index (χ1) is 15.4. The van der Waals surface area contributed by atoms with Crippen molar-refractivity contribution >= 4 is 28.7 Å². The monoisotopic (exact) mass is 431 g/mol. The summed E-state index contributed by atoms with van der Waals surface area (Å²) in [5.74, 6) is 0.354. The molecule has 0 aliphatic heterocycles. The van der Waals surface area contributed by atoms with E-state index < -0.39 is 0 Å². The SMILES string of the molecule is C=C(C#N)CNc1c(OC)ccc2ccc(-c3cccc(C=O)n3)cc12.CNCC(N)=O. The number of hydrogen-bond donors (Lipinski definition) is 3. The van der Waals surface area contributed by atoms with Crippen LogP contribution in [0.15, 0.2) is 60.7 Å². The maximum atomic E-state index is 11.0. The molecule has 4 N–H and O–H groups in total. The second-order valence-corrected chi connectivity index (χ2v) is 6.71. The van der Waals surface area contributed by atoms with E-state index in [9.17, 15) is 9.59 Å². The number of ether oxygens (including phenoxy) is 1. The van der Waals surface area contributed by atoms with Crippen LogP contribution >= 0.6 is 0 Å². The predicted molar refractivity (Wildman–Crippen MR) is 125 cm³/mol. The summed E-state index contributed by atoms with van der Waals surface area (Å²) in [6.45, 7) is 4.29. The maximum Gasteiger partial charge on any atom is 0.231 e. The Hall–Kier alpha value is -4.22. The molecule has 3 rings (SSSR count). The average molecular weight is 431 g/mol. The zero-order valence-corrected chi connectivity index (χ0v) is 18.0. The van der Waals surface area contributed by atoms with E-state index in [0.717, 1.165) is 28.3 Å². The van der Waals surface area contributed by atoms with Crippen molar-refractivity contribution in [2.45, 2.75) is 0 Å². The highest BCUT2D eigenvalue weighted by Crippen LogP contribution is 2.35. The Morgan fingerprint density at radius 1 is 1.25 bits per heavy atom. The number of hydrogen-bond acceptors (Lipinski definition) is 7. The van der Waals surface area contributed by atoms with E-state index in [4.69, 9.17) is 15.7 Å². The number of benzene rings is 2. The van der Waals surface area contributed by atoms with Gasteiger partial charge in [-0.25, -0.2) is 4.98 Å². The van der Waals surface area contributed by atoms with Crippen LogP contribution in [-0.2, 0) is 4.79 Å². The van der Waals surface area contributed by atoms with Crippen molar-refractivity contribution in [3.8, 4) is 23.1 Å². The summed E-state index contributed by atoms with van der Waals surface area (Å²) in [5, 5.41) is 16.7. The molecule has 8 nitrogen and oxygen atoms in total. The molecular formula is C24H25N5O3. The van der Waals surface area contributed by atoms with Crippen LogP contribution < -0.4 is 21.1 Å². The normalized spacial score (nSPS) is 9.78. The lowest BCUT2D eigenvalue weighted by atomic mass is 10.0. The number of pyridine rings is 1. The molecule has 0 spiro atoms. The van der Waals surface area contributed by atoms with Gasteiger partial charge >= 0.3 is 0 Å². The Morgan fingerprint density at radius 3 is 2.59 bits per heavy atom. The molecule has 0 saturated heterocycles. The molecule has 0 unspecified atom stereocenters. The molecule has 164 valence electrons. The number of nitrogens with two attached hydrogens (primary N) is 1. The minimum Gasteiger partial charge on any atom is -0.495 e. The molecule has 0 saturated carbocycles. The fourth-order valence-corrected chi connectivity index (χ4v) is 2.90. The predicted octanol–water partition coefficient (Wildman–Crippen LogP) is 2.91. The summed E-state index contributed by atoms with van der Waals surface area (Å²) in [5.41, 5.74) is 7.91. The smallest absolute Gasteiger partial charge is 0.231 e. The van der Waals surface area contributed by atoms with E-state index in [2.05, 4.69) is 22.2 Å². The molecule has 0 aliphatic rings. The van der Waals surface area contributed by atoms with Gasteiger partial charge in [0.15, 0.2) is 6.29 Å². The Bertz CT molecular complexity index is 1170. The Morgan fingerprint density at radius 2 is 2.00 bits per heavy atom. The highest BCUT2D eigenvalue weighted by atomic mass is 16.5. The molecule has 8 heteroatoms. The minimum absolute atomic E-state index is 0.264. The van der Waals surface area contributed by atoms with Gasteiger partial charge in [0.1, 0.15) is 11.4 Å². The lowest BCUT2D eigenvalue weighted by molar-refractivity contribution is -0.117. The molecule has 1 heterocycles. The van der Waals surface area contributed by atoms with Gasteiger partial charge in [0.25, 0.3) is 0 Å². The van der Waals surface area contributed by atoms with Crippen molar-refractivity contribution in [1.29, 1.82) is 5.26 Å². The number of carbonyl (C=O) groups is 2. The Labute approximate surface area is 186 Å². The van der Waals surface area contributed by atoms with Crippen LogP contribution in [0, 0.1) is 11.3 Å². The minimum atomic E-state index is -0.322. The highest BCUT2D eigenvalue weighted by molar-refractivity contribution is 5.99. The standard InChI is InChI=1S/C21H17N3O2.C3H8N2O/c1-14(11-22)12-23-21-18-10-16(19-5-3-4-17(13-25)24-19)7-6-15(18)8-9-20(21)26-2;1-5-2-3(4)6/h3-10,13,23H,1,12H2,2H3;5H,2H2,1H3,(H2,4,6). The van der Waals surface area contributed by atoms with Gasteiger partial charge in [-0.1, -0.05) is 30.8 Å². The largest absolute Gasteiger partial charge is 0.495 e. The maximum absolute atomic E-state index is 11.0. The Balaban J connectivity index is 0.000000534. The van der Waals surface area contributed by atoms with Gasteiger partial charge in [-0.2, -0.15) is 5.26 Å². The number of nitrogens with zero attached hydrogens (tertiary/aromatic N) is 2. The fraction of sp³-hybridized carbons (Fsp3) is 0.167. The molecule has 0 atom stereocenters. The summed E-state index contributed by atoms with van der Waals surface area (Å²) in [6, 6.07) is 17.2. The number of primary amides is 1. The first kappa shape index (κ1) is 24.1. The molecule has 1 amide bonds. The Kier molecular flexibility index (Phi) is 8.90. The van der Waals surface area contributed by atoms with Gasteiger partial charge in [-0.15, -0.1) is 0 Å². The highest BCUT2D eigenvalue weighted by Gasteiger charge is 2.11. The van der Waals surface area contributed by atoms with Crippen molar-refractivity contribution in [3.05, 3.63) is 66.4 Å². The number of aromatic nitrogens is 1. The summed E-state index contributed by atoms with van der Waals surface area (Å²) < 4.78 is 5.46. The van der Waals surface area contributed by atoms with Gasteiger partial charge in [-0.05, 0) is 36.7 Å². The van der Waals surface area contributed by atoms with Gasteiger partial charge in [0.05, 0.1) is 31.1 Å². The van der Waals surface area contributed by atoms with Crippen molar-refractivity contribution < 1.29 is 14.3 Å². The van der Waals surface area contributed by atoms with Crippen LogP contribution in [0.4, 0.5) is 5.69 Å². The van der Waals surface area contributed by atoms with Crippen LogP contribution in [0.2, 0.25) is 0 Å². The number of fused-ring (bicyclic) bond motifs is 1. The van der Waals surface area contributed by atoms with E-state index in [0.29, 0.717) is 29.3 Å². The van der Waals surface area contributed by atoms with Crippen LogP contribution in [0.25, 0.3) is 22.0 Å². The molecule has 0 bridgehead atoms. The zero-order valence-electron chi connectivity index (χ0n) is 18.0. The first-order valence-electron chi connectivity index (χ1n) is 9.71. The van der Waals surface area contributed by atoms with E-state index in [1.54, 1.807) is 26.3 Å². The quantitative estimate of drug-likeness (QED) is 0.369. The van der Waals surface area contributed by atoms with Gasteiger partial charge in [-0.3, -0.25) is 9.59 Å². The van der Waals surface area contributed by atoms with E-state index in [-0.39, 0.29) is 12.5 Å². The third-order valence-corrected chi connectivity index (χ3v) is 4.38. The van der Waals surface area contributed by atoms with Gasteiger partial charge in [0, 0.05) is 23.1 Å². The summed E-state index contributed by atoms with van der Waals surface area (Å²) in [4.78, 5) is 25.1. The number of aldehydes is 1. The molecule has 0 aliphatic carbocycles. The summed E-state index contributed by atoms with van der Waals surface area (Å²) in [7, 11) is 3.27. The van der Waals surface area contributed by atoms with Crippen LogP contribution in [0.5, 0.6) is 5.75 Å². The third kappa shape index (κ3) is 6.39. The first-order valence-corrected chi connectivity index (χ1v) is 9.71. The molecular weight excluding hydrogens is 406 g/mol. The second-order valence-electron chi connectivity index (χ2n) is 6.71. The average Bonchev–Trinajstić information content (AvgIpc) is 2.82. The number of likely N-dealkylation sites (N-methyl/N-ethyl adjacent to an activating group) is 1. The van der Waals surface area contributed by atoms with E-state index in [1.165, 1.54) is 0 Å². The lowest BCUT2D eigenvalue weighted by Crippen LogP contribution is -2.25. The molecule has 1 aromatic heterocycles. The number of amides is 1. The fourth-order valence-electron chi connectivity index (χ4n) is 2.90. The lowest BCUT2D eigenvalue weighted by Gasteiger charge is -2.15. The van der Waals surface area contributed by atoms with Crippen molar-refractivity contribution in [1.82, 2.24) is 10.3 Å². The van der Waals surface area contributed by atoms with Gasteiger partial charge < -0.3 is 21.1 Å². The molecule has 3 aromatic rings. The van der Waals surface area contributed by atoms with Crippen LogP contribution in [-0.4, -0.2) is 44.4 Å². The molecule has 0 fully saturated rings. The third-order valence-electron chi connectivity index (χ3n) is 4.38.